The van der Waals surface area contributed by atoms with Crippen LogP contribution in [-0.4, -0.2) is 23.9 Å². The van der Waals surface area contributed by atoms with E-state index in [2.05, 4.69) is 16.0 Å². The predicted molar refractivity (Wildman–Crippen MR) is 125 cm³/mol. The van der Waals surface area contributed by atoms with Gasteiger partial charge in [-0.15, -0.1) is 11.8 Å². The number of para-hydroxylation sites is 1. The molecule has 0 aliphatic heterocycles. The van der Waals surface area contributed by atoms with Crippen LogP contribution in [0, 0.1) is 0 Å². The molecule has 0 atom stereocenters. The smallest absolute Gasteiger partial charge is 0.234 e. The normalized spacial score (nSPS) is 10.1. The van der Waals surface area contributed by atoms with Crippen molar-refractivity contribution < 1.29 is 9.53 Å². The van der Waals surface area contributed by atoms with Gasteiger partial charge in [0.25, 0.3) is 0 Å². The molecule has 3 N–H and O–H groups in total. The van der Waals surface area contributed by atoms with Crippen LogP contribution >= 0.6 is 24.0 Å². The van der Waals surface area contributed by atoms with Crippen molar-refractivity contribution in [1.82, 2.24) is 0 Å². The van der Waals surface area contributed by atoms with E-state index in [4.69, 9.17) is 17.0 Å². The Morgan fingerprint density at radius 1 is 0.828 bits per heavy atom. The molecule has 3 aromatic rings. The van der Waals surface area contributed by atoms with Gasteiger partial charge < -0.3 is 20.7 Å². The molecule has 0 radical (unpaired) electrons. The number of nitrogens with one attached hydrogen (secondary N) is 3. The van der Waals surface area contributed by atoms with Crippen molar-refractivity contribution in [2.45, 2.75) is 4.90 Å². The van der Waals surface area contributed by atoms with Crippen LogP contribution in [0.4, 0.5) is 17.1 Å². The molecular weight excluding hydrogens is 402 g/mol. The number of rotatable bonds is 7. The van der Waals surface area contributed by atoms with Gasteiger partial charge in [-0.2, -0.15) is 0 Å². The topological polar surface area (TPSA) is 62.4 Å². The monoisotopic (exact) mass is 423 g/mol. The summed E-state index contributed by atoms with van der Waals surface area (Å²) >= 11 is 6.80. The Bertz CT molecular complexity index is 946. The van der Waals surface area contributed by atoms with E-state index in [9.17, 15) is 4.79 Å². The van der Waals surface area contributed by atoms with Gasteiger partial charge in [0.2, 0.25) is 5.91 Å². The third-order valence-electron chi connectivity index (χ3n) is 3.89. The fourth-order valence-electron chi connectivity index (χ4n) is 2.47. The van der Waals surface area contributed by atoms with Crippen molar-refractivity contribution in [3.63, 3.8) is 0 Å². The summed E-state index contributed by atoms with van der Waals surface area (Å²) in [6.45, 7) is 0. The number of benzene rings is 3. The Kier molecular flexibility index (Phi) is 7.49. The van der Waals surface area contributed by atoms with Crippen molar-refractivity contribution in [3.8, 4) is 5.75 Å². The maximum atomic E-state index is 12.1. The molecule has 0 unspecified atom stereocenters. The third-order valence-corrected chi connectivity index (χ3v) is 5.10. The Morgan fingerprint density at radius 3 is 2.00 bits per heavy atom. The molecule has 0 bridgehead atoms. The fraction of sp³-hybridized carbons (Fsp3) is 0.0909. The maximum absolute atomic E-state index is 12.1. The summed E-state index contributed by atoms with van der Waals surface area (Å²) in [6, 6.07) is 24.8. The molecule has 0 heterocycles. The zero-order valence-electron chi connectivity index (χ0n) is 15.8. The molecule has 0 fully saturated rings. The minimum absolute atomic E-state index is 0.0596. The van der Waals surface area contributed by atoms with E-state index in [1.807, 2.05) is 78.9 Å². The van der Waals surface area contributed by atoms with Gasteiger partial charge in [-0.1, -0.05) is 18.2 Å². The van der Waals surface area contributed by atoms with Crippen molar-refractivity contribution in [2.24, 2.45) is 0 Å². The highest BCUT2D eigenvalue weighted by Crippen LogP contribution is 2.21. The van der Waals surface area contributed by atoms with Gasteiger partial charge in [-0.3, -0.25) is 4.79 Å². The van der Waals surface area contributed by atoms with Crippen molar-refractivity contribution in [3.05, 3.63) is 78.9 Å². The average molecular weight is 424 g/mol. The summed E-state index contributed by atoms with van der Waals surface area (Å²) in [5.41, 5.74) is 2.56. The minimum atomic E-state index is -0.0596. The Balaban J connectivity index is 1.44. The van der Waals surface area contributed by atoms with Crippen LogP contribution < -0.4 is 20.7 Å². The molecule has 0 aliphatic carbocycles. The predicted octanol–water partition coefficient (Wildman–Crippen LogP) is 5.23. The molecule has 0 aliphatic rings. The highest BCUT2D eigenvalue weighted by atomic mass is 32.2. The molecule has 29 heavy (non-hydrogen) atoms. The first-order chi connectivity index (χ1) is 14.1. The fourth-order valence-corrected chi connectivity index (χ4v) is 3.40. The molecular formula is C22H21N3O2S2. The van der Waals surface area contributed by atoms with Gasteiger partial charge >= 0.3 is 0 Å². The van der Waals surface area contributed by atoms with Crippen LogP contribution in [0.1, 0.15) is 0 Å². The van der Waals surface area contributed by atoms with Gasteiger partial charge in [-0.25, -0.2) is 0 Å². The van der Waals surface area contributed by atoms with E-state index < -0.39 is 0 Å². The van der Waals surface area contributed by atoms with Crippen LogP contribution in [0.3, 0.4) is 0 Å². The number of anilines is 3. The lowest BCUT2D eigenvalue weighted by atomic mass is 10.3. The number of methoxy groups -OCH3 is 1. The van der Waals surface area contributed by atoms with Crippen molar-refractivity contribution >= 4 is 52.1 Å². The lowest BCUT2D eigenvalue weighted by Gasteiger charge is -2.11. The lowest BCUT2D eigenvalue weighted by molar-refractivity contribution is -0.113. The van der Waals surface area contributed by atoms with E-state index in [1.165, 1.54) is 11.8 Å². The first-order valence-electron chi connectivity index (χ1n) is 8.92. The summed E-state index contributed by atoms with van der Waals surface area (Å²) in [5, 5.41) is 9.67. The van der Waals surface area contributed by atoms with E-state index in [1.54, 1.807) is 7.11 Å². The van der Waals surface area contributed by atoms with E-state index in [0.717, 1.165) is 27.7 Å². The SMILES string of the molecule is COc1ccc(NC(=O)CSc2ccc(NC(=S)Nc3ccccc3)cc2)cc1. The second-order valence-corrected chi connectivity index (χ2v) is 7.49. The number of thiocarbonyl (C=S) groups is 1. The van der Waals surface area contributed by atoms with Crippen LogP contribution in [0.25, 0.3) is 0 Å². The van der Waals surface area contributed by atoms with Crippen LogP contribution in [0.15, 0.2) is 83.8 Å². The number of hydrogen-bond acceptors (Lipinski definition) is 4. The summed E-state index contributed by atoms with van der Waals surface area (Å²) in [4.78, 5) is 13.1. The molecule has 148 valence electrons. The number of carbonyl (C=O) groups is 1. The van der Waals surface area contributed by atoms with Gasteiger partial charge in [0, 0.05) is 22.0 Å². The molecule has 3 rings (SSSR count). The van der Waals surface area contributed by atoms with Crippen molar-refractivity contribution in [1.29, 1.82) is 0 Å². The number of ether oxygens (including phenoxy) is 1. The number of amides is 1. The number of hydrogen-bond donors (Lipinski definition) is 3. The Morgan fingerprint density at radius 2 is 1.38 bits per heavy atom. The summed E-state index contributed by atoms with van der Waals surface area (Å²) < 4.78 is 5.11. The highest BCUT2D eigenvalue weighted by molar-refractivity contribution is 8.00. The van der Waals surface area contributed by atoms with Gasteiger partial charge in [-0.05, 0) is 72.9 Å². The summed E-state index contributed by atoms with van der Waals surface area (Å²) in [6.07, 6.45) is 0. The van der Waals surface area contributed by atoms with E-state index in [-0.39, 0.29) is 5.91 Å². The highest BCUT2D eigenvalue weighted by Gasteiger charge is 2.05. The van der Waals surface area contributed by atoms with E-state index >= 15 is 0 Å². The standard InChI is InChI=1S/C22H21N3O2S2/c1-27-19-11-7-17(8-12-19)23-21(26)15-29-20-13-9-18(10-14-20)25-22(28)24-16-5-3-2-4-6-16/h2-14H,15H2,1H3,(H,23,26)(H2,24,25,28). The summed E-state index contributed by atoms with van der Waals surface area (Å²) in [7, 11) is 1.61. The zero-order chi connectivity index (χ0) is 20.5. The largest absolute Gasteiger partial charge is 0.497 e. The minimum Gasteiger partial charge on any atom is -0.497 e. The van der Waals surface area contributed by atoms with Gasteiger partial charge in [0.05, 0.1) is 12.9 Å². The number of carbonyl (C=O) groups excluding carboxylic acids is 1. The molecule has 0 aromatic heterocycles. The molecule has 3 aromatic carbocycles. The van der Waals surface area contributed by atoms with Crippen molar-refractivity contribution in [2.75, 3.05) is 28.8 Å². The van der Waals surface area contributed by atoms with E-state index in [0.29, 0.717) is 10.9 Å². The molecule has 0 saturated heterocycles. The van der Waals surface area contributed by atoms with Gasteiger partial charge in [0.1, 0.15) is 5.75 Å². The first kappa shape index (κ1) is 20.7. The van der Waals surface area contributed by atoms with Crippen LogP contribution in [0.2, 0.25) is 0 Å². The molecule has 0 spiro atoms. The second kappa shape index (κ2) is 10.5. The third kappa shape index (κ3) is 6.81. The molecule has 7 heteroatoms. The quantitative estimate of drug-likeness (QED) is 0.357. The lowest BCUT2D eigenvalue weighted by Crippen LogP contribution is -2.18. The molecule has 1 amide bonds. The Labute approximate surface area is 179 Å². The number of thioether (sulfide) groups is 1. The summed E-state index contributed by atoms with van der Waals surface area (Å²) in [5.74, 6) is 1.02. The van der Waals surface area contributed by atoms with Crippen LogP contribution in [0.5, 0.6) is 5.75 Å². The average Bonchev–Trinajstić information content (AvgIpc) is 2.74. The Hall–Kier alpha value is -3.03. The van der Waals surface area contributed by atoms with Gasteiger partial charge in [0.15, 0.2) is 5.11 Å². The maximum Gasteiger partial charge on any atom is 0.234 e. The zero-order valence-corrected chi connectivity index (χ0v) is 17.5. The molecule has 5 nitrogen and oxygen atoms in total. The van der Waals surface area contributed by atoms with Crippen LogP contribution in [-0.2, 0) is 4.79 Å². The second-order valence-electron chi connectivity index (χ2n) is 6.03. The molecule has 0 saturated carbocycles. The first-order valence-corrected chi connectivity index (χ1v) is 10.3.